The zero-order chi connectivity index (χ0) is 24.3. The van der Waals surface area contributed by atoms with Crippen molar-refractivity contribution in [3.63, 3.8) is 0 Å². The Kier molecular flexibility index (Phi) is 8.03. The number of pyridine rings is 1. The second-order valence-electron chi connectivity index (χ2n) is 8.41. The average molecular weight is 505 g/mol. The van der Waals surface area contributed by atoms with E-state index >= 15 is 0 Å². The lowest BCUT2D eigenvalue weighted by molar-refractivity contribution is -0.140. The van der Waals surface area contributed by atoms with Gasteiger partial charge in [0.05, 0.1) is 38.5 Å². The monoisotopic (exact) mass is 504 g/mol. The summed E-state index contributed by atoms with van der Waals surface area (Å²) in [6.07, 6.45) is 2.05. The SMILES string of the molecule is CCC1COCCN1c1cc(C2(S(C)(=O)=O)CCOCC2)cc(S(=O)(=O)CCC(=O)OC)n1. The number of carbonyl (C=O) groups excluding carboxylic acids is 1. The third kappa shape index (κ3) is 5.50. The summed E-state index contributed by atoms with van der Waals surface area (Å²) < 4.78 is 66.6. The topological polar surface area (TPSA) is 129 Å². The van der Waals surface area contributed by atoms with Gasteiger partial charge >= 0.3 is 5.97 Å². The summed E-state index contributed by atoms with van der Waals surface area (Å²) in [6.45, 7) is 3.94. The van der Waals surface area contributed by atoms with Crippen LogP contribution in [0, 0.1) is 0 Å². The van der Waals surface area contributed by atoms with E-state index in [1.807, 2.05) is 11.8 Å². The van der Waals surface area contributed by atoms with Crippen molar-refractivity contribution in [3.05, 3.63) is 17.7 Å². The maximum Gasteiger partial charge on any atom is 0.306 e. The molecular weight excluding hydrogens is 472 g/mol. The highest BCUT2D eigenvalue weighted by Crippen LogP contribution is 2.41. The largest absolute Gasteiger partial charge is 0.469 e. The molecule has 0 aliphatic carbocycles. The molecule has 0 bridgehead atoms. The zero-order valence-electron chi connectivity index (χ0n) is 19.3. The van der Waals surface area contributed by atoms with Gasteiger partial charge in [0.25, 0.3) is 0 Å². The maximum absolute atomic E-state index is 13.1. The fourth-order valence-corrected chi connectivity index (χ4v) is 6.99. The first-order valence-corrected chi connectivity index (χ1v) is 14.5. The highest BCUT2D eigenvalue weighted by atomic mass is 32.2. The summed E-state index contributed by atoms with van der Waals surface area (Å²) in [5.41, 5.74) is 0.385. The van der Waals surface area contributed by atoms with Crippen LogP contribution in [0.5, 0.6) is 0 Å². The molecule has 3 heterocycles. The predicted molar refractivity (Wildman–Crippen MR) is 122 cm³/mol. The minimum absolute atomic E-state index is 0.0176. The lowest BCUT2D eigenvalue weighted by atomic mass is 9.91. The molecule has 0 radical (unpaired) electrons. The number of ether oxygens (including phenoxy) is 3. The highest BCUT2D eigenvalue weighted by Gasteiger charge is 2.45. The van der Waals surface area contributed by atoms with E-state index < -0.39 is 36.1 Å². The third-order valence-electron chi connectivity index (χ3n) is 6.44. The van der Waals surface area contributed by atoms with Crippen LogP contribution in [0.4, 0.5) is 5.82 Å². The van der Waals surface area contributed by atoms with Crippen LogP contribution in [-0.4, -0.2) is 85.9 Å². The normalized spacial score (nSPS) is 21.5. The van der Waals surface area contributed by atoms with Gasteiger partial charge in [-0.2, -0.15) is 0 Å². The summed E-state index contributed by atoms with van der Waals surface area (Å²) in [5, 5.41) is -0.241. The van der Waals surface area contributed by atoms with Crippen molar-refractivity contribution in [2.45, 2.75) is 48.4 Å². The number of nitrogens with zero attached hydrogens (tertiary/aromatic N) is 2. The predicted octanol–water partition coefficient (Wildman–Crippen LogP) is 1.08. The lowest BCUT2D eigenvalue weighted by Crippen LogP contribution is -2.46. The smallest absolute Gasteiger partial charge is 0.306 e. The van der Waals surface area contributed by atoms with Crippen molar-refractivity contribution in [1.82, 2.24) is 4.98 Å². The van der Waals surface area contributed by atoms with E-state index in [2.05, 4.69) is 9.72 Å². The van der Waals surface area contributed by atoms with Crippen LogP contribution < -0.4 is 4.90 Å². The van der Waals surface area contributed by atoms with Crippen LogP contribution in [-0.2, 0) is 43.4 Å². The number of anilines is 1. The molecule has 10 nitrogen and oxygen atoms in total. The number of aromatic nitrogens is 1. The van der Waals surface area contributed by atoms with E-state index in [4.69, 9.17) is 9.47 Å². The molecular formula is C21H32N2O8S2. The van der Waals surface area contributed by atoms with Crippen LogP contribution in [0.3, 0.4) is 0 Å². The summed E-state index contributed by atoms with van der Waals surface area (Å²) >= 11 is 0. The number of sulfone groups is 2. The lowest BCUT2D eigenvalue weighted by Gasteiger charge is -2.39. The Bertz CT molecular complexity index is 1070. The summed E-state index contributed by atoms with van der Waals surface area (Å²) in [5.74, 6) is -0.731. The molecule has 2 saturated heterocycles. The molecule has 1 unspecified atom stereocenters. The Hall–Kier alpha value is -1.76. The Balaban J connectivity index is 2.16. The molecule has 2 aliphatic heterocycles. The van der Waals surface area contributed by atoms with Crippen LogP contribution in [0.1, 0.15) is 38.2 Å². The molecule has 0 N–H and O–H groups in total. The van der Waals surface area contributed by atoms with Crippen LogP contribution >= 0.6 is 0 Å². The molecule has 1 aromatic heterocycles. The van der Waals surface area contributed by atoms with Gasteiger partial charge in [-0.1, -0.05) is 6.92 Å². The Morgan fingerprint density at radius 2 is 1.88 bits per heavy atom. The Morgan fingerprint density at radius 3 is 2.48 bits per heavy atom. The van der Waals surface area contributed by atoms with Gasteiger partial charge in [0, 0.05) is 26.0 Å². The van der Waals surface area contributed by atoms with Gasteiger partial charge in [-0.15, -0.1) is 0 Å². The van der Waals surface area contributed by atoms with Crippen LogP contribution in [0.25, 0.3) is 0 Å². The van der Waals surface area contributed by atoms with Crippen molar-refractivity contribution in [2.75, 3.05) is 57.0 Å². The van der Waals surface area contributed by atoms with E-state index in [9.17, 15) is 21.6 Å². The first-order valence-electron chi connectivity index (χ1n) is 11.0. The molecule has 0 spiro atoms. The van der Waals surface area contributed by atoms with Crippen molar-refractivity contribution >= 4 is 31.5 Å². The number of methoxy groups -OCH3 is 1. The number of hydrogen-bond acceptors (Lipinski definition) is 10. The minimum atomic E-state index is -3.98. The second kappa shape index (κ2) is 10.2. The van der Waals surface area contributed by atoms with Gasteiger partial charge in [0.15, 0.2) is 24.7 Å². The number of esters is 1. The third-order valence-corrected chi connectivity index (χ3v) is 10.1. The first-order chi connectivity index (χ1) is 15.5. The highest BCUT2D eigenvalue weighted by molar-refractivity contribution is 7.92. The van der Waals surface area contributed by atoms with Crippen LogP contribution in [0.2, 0.25) is 0 Å². The van der Waals surface area contributed by atoms with Gasteiger partial charge in [0.2, 0.25) is 0 Å². The summed E-state index contributed by atoms with van der Waals surface area (Å²) in [7, 11) is -6.41. The maximum atomic E-state index is 13.1. The van der Waals surface area contributed by atoms with Gasteiger partial charge in [-0.25, -0.2) is 21.8 Å². The summed E-state index contributed by atoms with van der Waals surface area (Å²) in [6, 6.07) is 3.03. The zero-order valence-corrected chi connectivity index (χ0v) is 20.9. The summed E-state index contributed by atoms with van der Waals surface area (Å²) in [4.78, 5) is 18.0. The standard InChI is InChI=1S/C21H32N2O8S2/c1-4-17-15-31-11-8-23(17)18-13-16(21(32(3,25)26)6-9-30-10-7-21)14-19(22-18)33(27,28)12-5-20(24)29-2/h13-14,17H,4-12,15H2,1-3H3. The number of hydrogen-bond donors (Lipinski definition) is 0. The molecule has 0 amide bonds. The van der Waals surface area contributed by atoms with E-state index in [0.29, 0.717) is 31.1 Å². The van der Waals surface area contributed by atoms with Gasteiger partial charge in [-0.3, -0.25) is 4.79 Å². The molecule has 1 aromatic rings. The van der Waals surface area contributed by atoms with E-state index in [-0.39, 0.29) is 43.5 Å². The second-order valence-corrected chi connectivity index (χ2v) is 12.8. The fraction of sp³-hybridized carbons (Fsp3) is 0.714. The number of carbonyl (C=O) groups is 1. The minimum Gasteiger partial charge on any atom is -0.469 e. The quantitative estimate of drug-likeness (QED) is 0.474. The van der Waals surface area contributed by atoms with Crippen molar-refractivity contribution < 1.29 is 35.8 Å². The average Bonchev–Trinajstić information content (AvgIpc) is 2.82. The molecule has 186 valence electrons. The fourth-order valence-electron chi connectivity index (χ4n) is 4.35. The first kappa shape index (κ1) is 25.9. The van der Waals surface area contributed by atoms with Crippen molar-refractivity contribution in [1.29, 1.82) is 0 Å². The van der Waals surface area contributed by atoms with Crippen LogP contribution in [0.15, 0.2) is 17.2 Å². The van der Waals surface area contributed by atoms with Gasteiger partial charge in [-0.05, 0) is 37.0 Å². The Labute approximate surface area is 195 Å². The van der Waals surface area contributed by atoms with Gasteiger partial charge in [0.1, 0.15) is 10.6 Å². The number of morpholine rings is 1. The van der Waals surface area contributed by atoms with E-state index in [1.165, 1.54) is 19.4 Å². The Morgan fingerprint density at radius 1 is 1.18 bits per heavy atom. The van der Waals surface area contributed by atoms with E-state index in [0.717, 1.165) is 6.42 Å². The molecule has 33 heavy (non-hydrogen) atoms. The molecule has 2 aliphatic rings. The van der Waals surface area contributed by atoms with Crippen molar-refractivity contribution in [2.24, 2.45) is 0 Å². The molecule has 12 heteroatoms. The molecule has 2 fully saturated rings. The van der Waals surface area contributed by atoms with E-state index in [1.54, 1.807) is 6.07 Å². The molecule has 3 rings (SSSR count). The molecule has 1 atom stereocenters. The van der Waals surface area contributed by atoms with Crippen molar-refractivity contribution in [3.8, 4) is 0 Å². The molecule has 0 aromatic carbocycles. The molecule has 0 saturated carbocycles. The van der Waals surface area contributed by atoms with Gasteiger partial charge < -0.3 is 19.1 Å². The number of rotatable bonds is 8.